The molecule has 0 aliphatic carbocycles. The van der Waals surface area contributed by atoms with E-state index in [2.05, 4.69) is 10.3 Å². The number of ether oxygens (including phenoxy) is 1. The van der Waals surface area contributed by atoms with Crippen LogP contribution in [-0.4, -0.2) is 51.0 Å². The van der Waals surface area contributed by atoms with Gasteiger partial charge < -0.3 is 15.4 Å². The third-order valence-corrected chi connectivity index (χ3v) is 2.93. The topological polar surface area (TPSA) is 103 Å². The van der Waals surface area contributed by atoms with Gasteiger partial charge in [-0.05, 0) is 26.7 Å². The summed E-state index contributed by atoms with van der Waals surface area (Å²) in [5.74, 6) is -0.679. The van der Waals surface area contributed by atoms with Crippen molar-refractivity contribution in [3.8, 4) is 0 Å². The molecule has 1 aromatic rings. The van der Waals surface area contributed by atoms with E-state index in [-0.39, 0.29) is 30.1 Å². The van der Waals surface area contributed by atoms with Gasteiger partial charge in [-0.15, -0.1) is 5.10 Å². The van der Waals surface area contributed by atoms with Crippen LogP contribution in [0.4, 0.5) is 5.82 Å². The minimum absolute atomic E-state index is 0.0339. The highest BCUT2D eigenvalue weighted by atomic mass is 16.5. The number of nitrogen functional groups attached to an aromatic ring is 1. The Hall–Kier alpha value is -2.12. The lowest BCUT2D eigenvalue weighted by Crippen LogP contribution is -2.35. The first-order valence-electron chi connectivity index (χ1n) is 7.58. The molecule has 0 atom stereocenters. The first kappa shape index (κ1) is 17.9. The predicted octanol–water partition coefficient (Wildman–Crippen LogP) is 1.07. The van der Waals surface area contributed by atoms with E-state index in [1.165, 1.54) is 4.68 Å². The normalized spacial score (nSPS) is 10.8. The van der Waals surface area contributed by atoms with Crippen molar-refractivity contribution in [2.24, 2.45) is 0 Å². The summed E-state index contributed by atoms with van der Waals surface area (Å²) < 4.78 is 6.26. The quantitative estimate of drug-likeness (QED) is 0.720. The Balaban J connectivity index is 2.80. The standard InChI is InChI=1S/C14H25N5O3/c1-5-7-18(8-6-2)11(20)9-19-13(15)12(16-17-19)14(21)22-10(3)4/h10H,5-9,15H2,1-4H3. The highest BCUT2D eigenvalue weighted by Crippen LogP contribution is 2.11. The minimum atomic E-state index is -0.634. The third kappa shape index (κ3) is 4.71. The fourth-order valence-corrected chi connectivity index (χ4v) is 1.98. The van der Waals surface area contributed by atoms with Crippen LogP contribution < -0.4 is 5.73 Å². The third-order valence-electron chi connectivity index (χ3n) is 2.93. The Bertz CT molecular complexity index is 507. The van der Waals surface area contributed by atoms with Gasteiger partial charge in [0.25, 0.3) is 0 Å². The number of carbonyl (C=O) groups excluding carboxylic acids is 2. The maximum absolute atomic E-state index is 12.3. The second-order valence-corrected chi connectivity index (χ2v) is 5.32. The van der Waals surface area contributed by atoms with Gasteiger partial charge >= 0.3 is 5.97 Å². The van der Waals surface area contributed by atoms with E-state index >= 15 is 0 Å². The van der Waals surface area contributed by atoms with Crippen LogP contribution in [0.1, 0.15) is 51.0 Å². The second kappa shape index (κ2) is 8.35. The molecule has 8 heteroatoms. The van der Waals surface area contributed by atoms with E-state index in [9.17, 15) is 9.59 Å². The molecule has 0 saturated heterocycles. The average molecular weight is 311 g/mol. The zero-order valence-corrected chi connectivity index (χ0v) is 13.7. The molecule has 0 aliphatic heterocycles. The molecule has 0 aromatic carbocycles. The maximum atomic E-state index is 12.3. The number of aromatic nitrogens is 3. The van der Waals surface area contributed by atoms with Crippen molar-refractivity contribution < 1.29 is 14.3 Å². The van der Waals surface area contributed by atoms with Crippen molar-refractivity contribution in [2.75, 3.05) is 18.8 Å². The number of anilines is 1. The molecule has 1 heterocycles. The van der Waals surface area contributed by atoms with E-state index < -0.39 is 5.97 Å². The van der Waals surface area contributed by atoms with Gasteiger partial charge in [0, 0.05) is 13.1 Å². The minimum Gasteiger partial charge on any atom is -0.458 e. The van der Waals surface area contributed by atoms with Crippen molar-refractivity contribution in [1.82, 2.24) is 19.9 Å². The van der Waals surface area contributed by atoms with Crippen LogP contribution >= 0.6 is 0 Å². The summed E-state index contributed by atoms with van der Waals surface area (Å²) in [5.41, 5.74) is 5.79. The van der Waals surface area contributed by atoms with Crippen molar-refractivity contribution >= 4 is 17.7 Å². The van der Waals surface area contributed by atoms with Gasteiger partial charge in [0.05, 0.1) is 6.10 Å². The van der Waals surface area contributed by atoms with E-state index in [4.69, 9.17) is 10.5 Å². The average Bonchev–Trinajstić information content (AvgIpc) is 2.79. The SMILES string of the molecule is CCCN(CCC)C(=O)Cn1nnc(C(=O)OC(C)C)c1N. The van der Waals surface area contributed by atoms with Crippen molar-refractivity contribution in [3.05, 3.63) is 5.69 Å². The van der Waals surface area contributed by atoms with Crippen molar-refractivity contribution in [3.63, 3.8) is 0 Å². The summed E-state index contributed by atoms with van der Waals surface area (Å²) in [7, 11) is 0. The lowest BCUT2D eigenvalue weighted by Gasteiger charge is -2.21. The summed E-state index contributed by atoms with van der Waals surface area (Å²) in [6, 6.07) is 0. The molecular formula is C14H25N5O3. The molecule has 0 bridgehead atoms. The molecule has 124 valence electrons. The first-order chi connectivity index (χ1) is 10.4. The molecule has 2 N–H and O–H groups in total. The van der Waals surface area contributed by atoms with Gasteiger partial charge in [-0.1, -0.05) is 19.1 Å². The molecule has 22 heavy (non-hydrogen) atoms. The summed E-state index contributed by atoms with van der Waals surface area (Å²) in [4.78, 5) is 25.8. The van der Waals surface area contributed by atoms with Gasteiger partial charge in [-0.2, -0.15) is 0 Å². The number of esters is 1. The first-order valence-corrected chi connectivity index (χ1v) is 7.58. The molecule has 0 saturated carbocycles. The maximum Gasteiger partial charge on any atom is 0.363 e. The lowest BCUT2D eigenvalue weighted by atomic mass is 10.3. The van der Waals surface area contributed by atoms with Crippen LogP contribution in [0.15, 0.2) is 0 Å². The summed E-state index contributed by atoms with van der Waals surface area (Å²) >= 11 is 0. The molecule has 1 rings (SSSR count). The van der Waals surface area contributed by atoms with Crippen LogP contribution in [0.2, 0.25) is 0 Å². The highest BCUT2D eigenvalue weighted by molar-refractivity contribution is 5.92. The number of rotatable bonds is 8. The largest absolute Gasteiger partial charge is 0.458 e. The molecule has 0 aliphatic rings. The van der Waals surface area contributed by atoms with Crippen LogP contribution in [0.3, 0.4) is 0 Å². The Morgan fingerprint density at radius 2 is 1.86 bits per heavy atom. The van der Waals surface area contributed by atoms with E-state index in [1.54, 1.807) is 18.7 Å². The molecule has 0 radical (unpaired) electrons. The smallest absolute Gasteiger partial charge is 0.363 e. The number of amides is 1. The molecule has 8 nitrogen and oxygen atoms in total. The van der Waals surface area contributed by atoms with Gasteiger partial charge in [0.2, 0.25) is 11.6 Å². The van der Waals surface area contributed by atoms with Gasteiger partial charge in [-0.25, -0.2) is 9.48 Å². The zero-order valence-electron chi connectivity index (χ0n) is 13.7. The summed E-state index contributed by atoms with van der Waals surface area (Å²) in [6.07, 6.45) is 1.48. The fraction of sp³-hybridized carbons (Fsp3) is 0.714. The predicted molar refractivity (Wildman–Crippen MR) is 82.1 cm³/mol. The fourth-order valence-electron chi connectivity index (χ4n) is 1.98. The van der Waals surface area contributed by atoms with Crippen LogP contribution in [0.25, 0.3) is 0 Å². The molecule has 1 amide bonds. The highest BCUT2D eigenvalue weighted by Gasteiger charge is 2.22. The Kier molecular flexibility index (Phi) is 6.81. The Morgan fingerprint density at radius 3 is 2.36 bits per heavy atom. The number of nitrogens with two attached hydrogens (primary N) is 1. The Labute approximate surface area is 130 Å². The number of carbonyl (C=O) groups is 2. The van der Waals surface area contributed by atoms with Gasteiger partial charge in [0.15, 0.2) is 5.82 Å². The van der Waals surface area contributed by atoms with Gasteiger partial charge in [0.1, 0.15) is 6.54 Å². The second-order valence-electron chi connectivity index (χ2n) is 5.32. The van der Waals surface area contributed by atoms with Gasteiger partial charge in [-0.3, -0.25) is 4.79 Å². The van der Waals surface area contributed by atoms with Crippen LogP contribution in [-0.2, 0) is 16.1 Å². The number of nitrogens with zero attached hydrogens (tertiary/aromatic N) is 4. The lowest BCUT2D eigenvalue weighted by molar-refractivity contribution is -0.132. The molecule has 0 fully saturated rings. The molecule has 0 unspecified atom stereocenters. The molecule has 0 spiro atoms. The molecule has 1 aromatic heterocycles. The summed E-state index contributed by atoms with van der Waals surface area (Å²) in [5, 5.41) is 7.50. The van der Waals surface area contributed by atoms with Crippen LogP contribution in [0, 0.1) is 0 Å². The van der Waals surface area contributed by atoms with Crippen molar-refractivity contribution in [1.29, 1.82) is 0 Å². The Morgan fingerprint density at radius 1 is 1.27 bits per heavy atom. The number of hydrogen-bond acceptors (Lipinski definition) is 6. The van der Waals surface area contributed by atoms with Crippen LogP contribution in [0.5, 0.6) is 0 Å². The zero-order chi connectivity index (χ0) is 16.7. The van der Waals surface area contributed by atoms with E-state index in [1.807, 2.05) is 13.8 Å². The number of hydrogen-bond donors (Lipinski definition) is 1. The monoisotopic (exact) mass is 311 g/mol. The summed E-state index contributed by atoms with van der Waals surface area (Å²) in [6.45, 7) is 8.82. The van der Waals surface area contributed by atoms with E-state index in [0.29, 0.717) is 13.1 Å². The molecular weight excluding hydrogens is 286 g/mol. The van der Waals surface area contributed by atoms with Crippen molar-refractivity contribution in [2.45, 2.75) is 53.2 Å². The van der Waals surface area contributed by atoms with E-state index in [0.717, 1.165) is 12.8 Å².